The van der Waals surface area contributed by atoms with Crippen LogP contribution in [0.3, 0.4) is 0 Å². The first kappa shape index (κ1) is 12.5. The molecule has 0 aliphatic carbocycles. The summed E-state index contributed by atoms with van der Waals surface area (Å²) in [5, 5.41) is 1.22. The third-order valence-electron chi connectivity index (χ3n) is 2.38. The van der Waals surface area contributed by atoms with Gasteiger partial charge in [-0.3, -0.25) is 0 Å². The van der Waals surface area contributed by atoms with Gasteiger partial charge in [-0.05, 0) is 19.9 Å². The van der Waals surface area contributed by atoms with Gasteiger partial charge in [0.15, 0.2) is 0 Å². The summed E-state index contributed by atoms with van der Waals surface area (Å²) in [7, 11) is 3.55. The van der Waals surface area contributed by atoms with Gasteiger partial charge in [-0.15, -0.1) is 0 Å². The molecule has 1 aromatic carbocycles. The molecule has 1 aromatic rings. The molecule has 0 amide bonds. The number of ether oxygens (including phenoxy) is 1. The first-order valence-corrected chi connectivity index (χ1v) is 5.48. The van der Waals surface area contributed by atoms with E-state index < -0.39 is 0 Å². The van der Waals surface area contributed by atoms with E-state index in [0.29, 0.717) is 21.8 Å². The normalized spacial score (nSPS) is 10.6. The summed E-state index contributed by atoms with van der Waals surface area (Å²) >= 11 is 12.2. The van der Waals surface area contributed by atoms with Gasteiger partial charge >= 0.3 is 0 Å². The minimum absolute atomic E-state index is 0.368. The molecule has 84 valence electrons. The Morgan fingerprint density at radius 1 is 1.20 bits per heavy atom. The van der Waals surface area contributed by atoms with E-state index in [1.165, 1.54) is 0 Å². The molecule has 0 radical (unpaired) electrons. The molecule has 0 saturated carbocycles. The minimum Gasteiger partial charge on any atom is -0.495 e. The molecule has 0 fully saturated rings. The van der Waals surface area contributed by atoms with E-state index in [2.05, 4.69) is 18.7 Å². The molecular weight excluding hydrogens is 233 g/mol. The largest absolute Gasteiger partial charge is 0.495 e. The van der Waals surface area contributed by atoms with Crippen LogP contribution in [-0.2, 0) is 0 Å². The van der Waals surface area contributed by atoms with Crippen LogP contribution in [0.15, 0.2) is 12.1 Å². The van der Waals surface area contributed by atoms with E-state index >= 15 is 0 Å². The Balaban J connectivity index is 3.15. The van der Waals surface area contributed by atoms with Crippen LogP contribution < -0.4 is 9.64 Å². The van der Waals surface area contributed by atoms with Gasteiger partial charge in [0.05, 0.1) is 22.8 Å². The Bertz CT molecular complexity index is 353. The summed E-state index contributed by atoms with van der Waals surface area (Å²) in [5.74, 6) is 0.600. The number of anilines is 1. The zero-order valence-electron chi connectivity index (χ0n) is 9.34. The monoisotopic (exact) mass is 247 g/mol. The number of halogens is 2. The number of hydrogen-bond donors (Lipinski definition) is 0. The van der Waals surface area contributed by atoms with Crippen molar-refractivity contribution in [3.8, 4) is 5.75 Å². The van der Waals surface area contributed by atoms with Crippen molar-refractivity contribution in [1.29, 1.82) is 0 Å². The quantitative estimate of drug-likeness (QED) is 0.805. The topological polar surface area (TPSA) is 12.5 Å². The van der Waals surface area contributed by atoms with Crippen LogP contribution in [0.2, 0.25) is 10.0 Å². The lowest BCUT2D eigenvalue weighted by atomic mass is 10.2. The van der Waals surface area contributed by atoms with Gasteiger partial charge in [0.2, 0.25) is 0 Å². The molecule has 0 unspecified atom stereocenters. The molecule has 1 rings (SSSR count). The fourth-order valence-electron chi connectivity index (χ4n) is 1.22. The van der Waals surface area contributed by atoms with E-state index in [9.17, 15) is 0 Å². The second kappa shape index (κ2) is 4.95. The maximum Gasteiger partial charge on any atom is 0.139 e. The number of methoxy groups -OCH3 is 1. The van der Waals surface area contributed by atoms with E-state index in [1.54, 1.807) is 13.2 Å². The number of rotatable bonds is 3. The number of hydrogen-bond acceptors (Lipinski definition) is 2. The van der Waals surface area contributed by atoms with Crippen LogP contribution in [0.25, 0.3) is 0 Å². The zero-order valence-corrected chi connectivity index (χ0v) is 10.9. The predicted octanol–water partition coefficient (Wildman–Crippen LogP) is 3.85. The summed E-state index contributed by atoms with van der Waals surface area (Å²) < 4.78 is 5.09. The van der Waals surface area contributed by atoms with E-state index in [0.717, 1.165) is 5.69 Å². The Kier molecular flexibility index (Phi) is 4.12. The van der Waals surface area contributed by atoms with Gasteiger partial charge < -0.3 is 9.64 Å². The Labute approximate surface area is 101 Å². The van der Waals surface area contributed by atoms with E-state index in [1.807, 2.05) is 13.1 Å². The van der Waals surface area contributed by atoms with Crippen LogP contribution >= 0.6 is 23.2 Å². The van der Waals surface area contributed by atoms with Crippen LogP contribution in [0.5, 0.6) is 5.75 Å². The third-order valence-corrected chi connectivity index (χ3v) is 2.97. The summed E-state index contributed by atoms with van der Waals surface area (Å²) in [4.78, 5) is 2.06. The third kappa shape index (κ3) is 2.70. The SMILES string of the molecule is COc1cc(Cl)c(N(C)C(C)C)cc1Cl. The second-order valence-corrected chi connectivity index (χ2v) is 4.46. The van der Waals surface area contributed by atoms with Crippen molar-refractivity contribution in [2.24, 2.45) is 0 Å². The molecule has 0 spiro atoms. The molecule has 15 heavy (non-hydrogen) atoms. The van der Waals surface area contributed by atoms with Crippen LogP contribution in [0, 0.1) is 0 Å². The van der Waals surface area contributed by atoms with Gasteiger partial charge in [0.25, 0.3) is 0 Å². The van der Waals surface area contributed by atoms with Gasteiger partial charge in [-0.2, -0.15) is 0 Å². The van der Waals surface area contributed by atoms with Gasteiger partial charge in [-0.25, -0.2) is 0 Å². The predicted molar refractivity (Wildman–Crippen MR) is 66.6 cm³/mol. The maximum absolute atomic E-state index is 6.14. The lowest BCUT2D eigenvalue weighted by molar-refractivity contribution is 0.415. The van der Waals surface area contributed by atoms with Gasteiger partial charge in [0.1, 0.15) is 5.75 Å². The summed E-state index contributed by atoms with van der Waals surface area (Å²) in [6, 6.07) is 3.92. The molecule has 2 nitrogen and oxygen atoms in total. The smallest absolute Gasteiger partial charge is 0.139 e. The number of benzene rings is 1. The fraction of sp³-hybridized carbons (Fsp3) is 0.455. The molecular formula is C11H15Cl2NO. The maximum atomic E-state index is 6.14. The Morgan fingerprint density at radius 3 is 2.27 bits per heavy atom. The number of nitrogens with zero attached hydrogens (tertiary/aromatic N) is 1. The Morgan fingerprint density at radius 2 is 1.80 bits per heavy atom. The summed E-state index contributed by atoms with van der Waals surface area (Å²) in [6.45, 7) is 4.18. The highest BCUT2D eigenvalue weighted by molar-refractivity contribution is 6.36. The van der Waals surface area contributed by atoms with Crippen molar-refractivity contribution in [2.45, 2.75) is 19.9 Å². The summed E-state index contributed by atoms with van der Waals surface area (Å²) in [6.07, 6.45) is 0. The molecule has 4 heteroatoms. The molecule has 0 N–H and O–H groups in total. The van der Waals surface area contributed by atoms with Crippen molar-refractivity contribution in [2.75, 3.05) is 19.1 Å². The average molecular weight is 248 g/mol. The van der Waals surface area contributed by atoms with Crippen LogP contribution in [0.4, 0.5) is 5.69 Å². The van der Waals surface area contributed by atoms with E-state index in [4.69, 9.17) is 27.9 Å². The Hall–Kier alpha value is -0.600. The summed E-state index contributed by atoms with van der Waals surface area (Å²) in [5.41, 5.74) is 0.914. The first-order valence-electron chi connectivity index (χ1n) is 4.73. The molecule has 0 atom stereocenters. The minimum atomic E-state index is 0.368. The standard InChI is InChI=1S/C11H15Cl2NO/c1-7(2)14(3)10-5-9(13)11(15-4)6-8(10)12/h5-7H,1-4H3. The highest BCUT2D eigenvalue weighted by atomic mass is 35.5. The van der Waals surface area contributed by atoms with Crippen molar-refractivity contribution in [3.05, 3.63) is 22.2 Å². The highest BCUT2D eigenvalue weighted by Gasteiger charge is 2.12. The average Bonchev–Trinajstić information content (AvgIpc) is 2.19. The molecule has 0 bridgehead atoms. The van der Waals surface area contributed by atoms with Crippen molar-refractivity contribution in [1.82, 2.24) is 0 Å². The van der Waals surface area contributed by atoms with Crippen molar-refractivity contribution >= 4 is 28.9 Å². The van der Waals surface area contributed by atoms with Gasteiger partial charge in [-0.1, -0.05) is 23.2 Å². The second-order valence-electron chi connectivity index (χ2n) is 3.64. The van der Waals surface area contributed by atoms with Crippen LogP contribution in [-0.4, -0.2) is 20.2 Å². The molecule has 0 aliphatic rings. The van der Waals surface area contributed by atoms with Crippen molar-refractivity contribution in [3.63, 3.8) is 0 Å². The molecule has 0 aliphatic heterocycles. The van der Waals surface area contributed by atoms with E-state index in [-0.39, 0.29) is 0 Å². The lowest BCUT2D eigenvalue weighted by Crippen LogP contribution is -2.25. The lowest BCUT2D eigenvalue weighted by Gasteiger charge is -2.25. The highest BCUT2D eigenvalue weighted by Crippen LogP contribution is 2.36. The van der Waals surface area contributed by atoms with Gasteiger partial charge in [0, 0.05) is 19.2 Å². The molecule has 0 aromatic heterocycles. The van der Waals surface area contributed by atoms with Crippen LogP contribution in [0.1, 0.15) is 13.8 Å². The molecule has 0 saturated heterocycles. The zero-order chi connectivity index (χ0) is 11.6. The fourth-order valence-corrected chi connectivity index (χ4v) is 1.74. The van der Waals surface area contributed by atoms with Crippen molar-refractivity contribution < 1.29 is 4.74 Å². The molecule has 0 heterocycles. The first-order chi connectivity index (χ1) is 6.97.